The first-order valence-corrected chi connectivity index (χ1v) is 5.77. The molecule has 0 aliphatic rings. The highest BCUT2D eigenvalue weighted by Gasteiger charge is 2.07. The number of nitrogen functional groups attached to an aromatic ring is 1. The molecule has 0 radical (unpaired) electrons. The van der Waals surface area contributed by atoms with E-state index < -0.39 is 0 Å². The first-order valence-electron chi connectivity index (χ1n) is 4.98. The van der Waals surface area contributed by atoms with E-state index in [4.69, 9.17) is 5.73 Å². The second kappa shape index (κ2) is 5.01. The zero-order valence-corrected chi connectivity index (χ0v) is 10.5. The van der Waals surface area contributed by atoms with Crippen LogP contribution in [0.3, 0.4) is 0 Å². The van der Waals surface area contributed by atoms with E-state index in [-0.39, 0.29) is 5.91 Å². The van der Waals surface area contributed by atoms with E-state index in [2.05, 4.69) is 31.4 Å². The smallest absolute Gasteiger partial charge is 0.229 e. The number of H-pyrrole nitrogens is 1. The van der Waals surface area contributed by atoms with Crippen molar-refractivity contribution in [1.82, 2.24) is 10.2 Å². The molecule has 0 saturated heterocycles. The van der Waals surface area contributed by atoms with Crippen molar-refractivity contribution in [3.63, 3.8) is 0 Å². The number of amides is 1. The monoisotopic (exact) mass is 294 g/mol. The van der Waals surface area contributed by atoms with Crippen LogP contribution in [-0.2, 0) is 11.2 Å². The van der Waals surface area contributed by atoms with Crippen LogP contribution in [-0.4, -0.2) is 16.1 Å². The Morgan fingerprint density at radius 2 is 2.12 bits per heavy atom. The van der Waals surface area contributed by atoms with Gasteiger partial charge in [0.2, 0.25) is 5.91 Å². The third-order valence-corrected chi connectivity index (χ3v) is 2.74. The minimum Gasteiger partial charge on any atom is -0.394 e. The Balaban J connectivity index is 1.98. The van der Waals surface area contributed by atoms with Crippen LogP contribution in [0.2, 0.25) is 0 Å². The molecule has 0 unspecified atom stereocenters. The lowest BCUT2D eigenvalue weighted by molar-refractivity contribution is -0.115. The van der Waals surface area contributed by atoms with Gasteiger partial charge in [-0.05, 0) is 17.7 Å². The van der Waals surface area contributed by atoms with Crippen LogP contribution in [0.5, 0.6) is 0 Å². The van der Waals surface area contributed by atoms with E-state index in [1.165, 1.54) is 6.20 Å². The largest absolute Gasteiger partial charge is 0.394 e. The number of rotatable bonds is 3. The minimum atomic E-state index is -0.136. The maximum Gasteiger partial charge on any atom is 0.229 e. The Kier molecular flexibility index (Phi) is 3.43. The molecule has 0 saturated carbocycles. The van der Waals surface area contributed by atoms with Crippen LogP contribution < -0.4 is 11.1 Å². The quantitative estimate of drug-likeness (QED) is 0.809. The first kappa shape index (κ1) is 11.7. The zero-order valence-electron chi connectivity index (χ0n) is 8.90. The highest BCUT2D eigenvalue weighted by Crippen LogP contribution is 2.14. The zero-order chi connectivity index (χ0) is 12.3. The van der Waals surface area contributed by atoms with Crippen LogP contribution in [0.15, 0.2) is 34.9 Å². The van der Waals surface area contributed by atoms with Crippen LogP contribution in [0.4, 0.5) is 11.5 Å². The molecule has 1 aromatic heterocycles. The van der Waals surface area contributed by atoms with Gasteiger partial charge >= 0.3 is 0 Å². The van der Waals surface area contributed by atoms with E-state index in [1.54, 1.807) is 0 Å². The number of nitrogens with two attached hydrogens (primary N) is 1. The molecular formula is C11H11BrN4O. The standard InChI is InChI=1S/C11H11BrN4O/c12-8-3-1-7(2-4-8)5-10(17)15-11-9(13)6-14-16-11/h1-4,6H,5,13H2,(H2,14,15,16,17). The van der Waals surface area contributed by atoms with Crippen molar-refractivity contribution in [2.75, 3.05) is 11.1 Å². The predicted octanol–water partition coefficient (Wildman–Crippen LogP) is 1.94. The molecule has 6 heteroatoms. The predicted molar refractivity (Wildman–Crippen MR) is 69.5 cm³/mol. The summed E-state index contributed by atoms with van der Waals surface area (Å²) in [6, 6.07) is 7.57. The van der Waals surface area contributed by atoms with Crippen LogP contribution in [0, 0.1) is 0 Å². The molecule has 5 nitrogen and oxygen atoms in total. The Labute approximate surface area is 107 Å². The van der Waals surface area contributed by atoms with E-state index >= 15 is 0 Å². The van der Waals surface area contributed by atoms with Gasteiger partial charge in [-0.3, -0.25) is 9.89 Å². The number of nitrogens with zero attached hydrogens (tertiary/aromatic N) is 1. The number of aromatic nitrogens is 2. The lowest BCUT2D eigenvalue weighted by Gasteiger charge is -2.03. The molecule has 4 N–H and O–H groups in total. The molecule has 0 bridgehead atoms. The average Bonchev–Trinajstić information content (AvgIpc) is 2.68. The van der Waals surface area contributed by atoms with Gasteiger partial charge in [-0.1, -0.05) is 28.1 Å². The van der Waals surface area contributed by atoms with Crippen LogP contribution >= 0.6 is 15.9 Å². The number of nitrogens with one attached hydrogen (secondary N) is 2. The minimum absolute atomic E-state index is 0.136. The average molecular weight is 295 g/mol. The van der Waals surface area contributed by atoms with Crippen molar-refractivity contribution in [2.45, 2.75) is 6.42 Å². The Morgan fingerprint density at radius 1 is 1.41 bits per heavy atom. The van der Waals surface area contributed by atoms with E-state index in [9.17, 15) is 4.79 Å². The van der Waals surface area contributed by atoms with Gasteiger partial charge in [-0.15, -0.1) is 0 Å². The number of benzene rings is 1. The van der Waals surface area contributed by atoms with Gasteiger partial charge in [-0.2, -0.15) is 5.10 Å². The molecule has 0 aliphatic heterocycles. The number of aromatic amines is 1. The maximum atomic E-state index is 11.7. The molecule has 0 fully saturated rings. The van der Waals surface area contributed by atoms with Crippen molar-refractivity contribution < 1.29 is 4.79 Å². The van der Waals surface area contributed by atoms with Crippen LogP contribution in [0.25, 0.3) is 0 Å². The molecule has 88 valence electrons. The summed E-state index contributed by atoms with van der Waals surface area (Å²) in [7, 11) is 0. The molecule has 1 amide bonds. The highest BCUT2D eigenvalue weighted by molar-refractivity contribution is 9.10. The van der Waals surface area contributed by atoms with Crippen molar-refractivity contribution in [3.05, 3.63) is 40.5 Å². The van der Waals surface area contributed by atoms with Gasteiger partial charge < -0.3 is 11.1 Å². The fourth-order valence-electron chi connectivity index (χ4n) is 1.37. The molecule has 2 aromatic rings. The van der Waals surface area contributed by atoms with Crippen molar-refractivity contribution in [2.24, 2.45) is 0 Å². The Hall–Kier alpha value is -1.82. The van der Waals surface area contributed by atoms with E-state index in [0.29, 0.717) is 17.9 Å². The Bertz CT molecular complexity index is 521. The molecule has 0 aliphatic carbocycles. The fraction of sp³-hybridized carbons (Fsp3) is 0.0909. The van der Waals surface area contributed by atoms with Gasteiger partial charge in [0.05, 0.1) is 18.3 Å². The summed E-state index contributed by atoms with van der Waals surface area (Å²) in [6.45, 7) is 0. The van der Waals surface area contributed by atoms with Crippen LogP contribution in [0.1, 0.15) is 5.56 Å². The Morgan fingerprint density at radius 3 is 2.71 bits per heavy atom. The molecule has 1 heterocycles. The van der Waals surface area contributed by atoms with Crippen molar-refractivity contribution >= 4 is 33.3 Å². The molecule has 1 aromatic carbocycles. The van der Waals surface area contributed by atoms with Gasteiger partial charge in [0.1, 0.15) is 0 Å². The second-order valence-corrected chi connectivity index (χ2v) is 4.47. The molecule has 0 spiro atoms. The molecule has 17 heavy (non-hydrogen) atoms. The normalized spacial score (nSPS) is 10.2. The number of hydrogen-bond donors (Lipinski definition) is 3. The fourth-order valence-corrected chi connectivity index (χ4v) is 1.63. The van der Waals surface area contributed by atoms with Gasteiger partial charge in [0.15, 0.2) is 5.82 Å². The summed E-state index contributed by atoms with van der Waals surface area (Å²) in [4.78, 5) is 11.7. The summed E-state index contributed by atoms with van der Waals surface area (Å²) in [5, 5.41) is 9.00. The van der Waals surface area contributed by atoms with Crippen molar-refractivity contribution in [1.29, 1.82) is 0 Å². The van der Waals surface area contributed by atoms with Gasteiger partial charge in [0.25, 0.3) is 0 Å². The molecule has 2 rings (SSSR count). The highest BCUT2D eigenvalue weighted by atomic mass is 79.9. The lowest BCUT2D eigenvalue weighted by Crippen LogP contribution is -2.15. The topological polar surface area (TPSA) is 83.8 Å². The molecule has 0 atom stereocenters. The second-order valence-electron chi connectivity index (χ2n) is 3.55. The lowest BCUT2D eigenvalue weighted by atomic mass is 10.1. The number of hydrogen-bond acceptors (Lipinski definition) is 3. The number of anilines is 2. The summed E-state index contributed by atoms with van der Waals surface area (Å²) in [6.07, 6.45) is 1.75. The van der Waals surface area contributed by atoms with Gasteiger partial charge in [-0.25, -0.2) is 0 Å². The SMILES string of the molecule is Nc1cn[nH]c1NC(=O)Cc1ccc(Br)cc1. The summed E-state index contributed by atoms with van der Waals surface area (Å²) in [5.74, 6) is 0.301. The maximum absolute atomic E-state index is 11.7. The van der Waals surface area contributed by atoms with E-state index in [0.717, 1.165) is 10.0 Å². The summed E-state index contributed by atoms with van der Waals surface area (Å²) in [5.41, 5.74) is 6.95. The summed E-state index contributed by atoms with van der Waals surface area (Å²) >= 11 is 3.34. The first-order chi connectivity index (χ1) is 8.15. The van der Waals surface area contributed by atoms with Crippen molar-refractivity contribution in [3.8, 4) is 0 Å². The number of carbonyl (C=O) groups is 1. The molecular weight excluding hydrogens is 284 g/mol. The number of carbonyl (C=O) groups excluding carboxylic acids is 1. The summed E-state index contributed by atoms with van der Waals surface area (Å²) < 4.78 is 0.986. The van der Waals surface area contributed by atoms with E-state index in [1.807, 2.05) is 24.3 Å². The third-order valence-electron chi connectivity index (χ3n) is 2.21. The van der Waals surface area contributed by atoms with Gasteiger partial charge in [0, 0.05) is 4.47 Å². The number of halogens is 1. The third kappa shape index (κ3) is 3.07.